The second kappa shape index (κ2) is 8.24. The number of methoxy groups -OCH3 is 1. The number of carbonyl (C=O) groups is 1. The van der Waals surface area contributed by atoms with E-state index < -0.39 is 6.04 Å². The topological polar surface area (TPSA) is 95.5 Å². The van der Waals surface area contributed by atoms with Gasteiger partial charge in [0.2, 0.25) is 0 Å². The molecule has 7 nitrogen and oxygen atoms in total. The Bertz CT molecular complexity index is 984. The van der Waals surface area contributed by atoms with Crippen molar-refractivity contribution in [2.45, 2.75) is 12.0 Å². The number of nitrogens with zero attached hydrogens (tertiary/aromatic N) is 1. The highest BCUT2D eigenvalue weighted by molar-refractivity contribution is 7.20. The van der Waals surface area contributed by atoms with Gasteiger partial charge in [0.15, 0.2) is 0 Å². The minimum atomic E-state index is -0.507. The molecule has 146 valence electrons. The molecule has 0 unspecified atom stereocenters. The summed E-state index contributed by atoms with van der Waals surface area (Å²) in [5.74, 6) is 0.783. The van der Waals surface area contributed by atoms with Crippen molar-refractivity contribution in [1.82, 2.24) is 21.2 Å². The van der Waals surface area contributed by atoms with Gasteiger partial charge in [0, 0.05) is 30.1 Å². The highest BCUT2D eigenvalue weighted by Gasteiger charge is 2.20. The van der Waals surface area contributed by atoms with Crippen molar-refractivity contribution in [2.75, 3.05) is 26.8 Å². The first-order valence-corrected chi connectivity index (χ1v) is 9.91. The molecule has 1 saturated heterocycles. The zero-order valence-corrected chi connectivity index (χ0v) is 16.3. The second-order valence-electron chi connectivity index (χ2n) is 6.69. The third-order valence-corrected chi connectivity index (χ3v) is 5.90. The molecule has 28 heavy (non-hydrogen) atoms. The van der Waals surface area contributed by atoms with Crippen LogP contribution in [0.3, 0.4) is 0 Å². The van der Waals surface area contributed by atoms with E-state index in [1.54, 1.807) is 7.11 Å². The van der Waals surface area contributed by atoms with Crippen LogP contribution in [0.2, 0.25) is 0 Å². The lowest BCUT2D eigenvalue weighted by molar-refractivity contribution is 0.0920. The van der Waals surface area contributed by atoms with Gasteiger partial charge in [-0.3, -0.25) is 15.6 Å². The molecule has 1 aliphatic rings. The summed E-state index contributed by atoms with van der Waals surface area (Å²) >= 11 is 1.36. The monoisotopic (exact) mass is 398 g/mol. The lowest BCUT2D eigenvalue weighted by atomic mass is 10.1. The highest BCUT2D eigenvalue weighted by Crippen LogP contribution is 2.27. The quantitative estimate of drug-likeness (QED) is 0.507. The number of nitrogens with one attached hydrogen (secondary N) is 3. The van der Waals surface area contributed by atoms with E-state index in [1.165, 1.54) is 11.3 Å². The van der Waals surface area contributed by atoms with E-state index in [0.29, 0.717) is 16.5 Å². The van der Waals surface area contributed by atoms with Crippen LogP contribution in [0.4, 0.5) is 0 Å². The van der Waals surface area contributed by atoms with Crippen molar-refractivity contribution in [3.8, 4) is 5.75 Å². The molecule has 0 saturated carbocycles. The Balaban J connectivity index is 1.53. The van der Waals surface area contributed by atoms with Crippen LogP contribution in [0.15, 0.2) is 42.5 Å². The van der Waals surface area contributed by atoms with Crippen LogP contribution in [-0.4, -0.2) is 42.8 Å². The molecular weight excluding hydrogens is 376 g/mol. The second-order valence-corrected chi connectivity index (χ2v) is 7.72. The lowest BCUT2D eigenvalue weighted by Gasteiger charge is -2.17. The maximum atomic E-state index is 12.8. The maximum Gasteiger partial charge on any atom is 0.262 e. The van der Waals surface area contributed by atoms with E-state index in [0.717, 1.165) is 34.6 Å². The molecule has 3 heterocycles. The van der Waals surface area contributed by atoms with Gasteiger partial charge in [0.1, 0.15) is 10.6 Å². The van der Waals surface area contributed by atoms with E-state index >= 15 is 0 Å². The fraction of sp³-hybridized carbons (Fsp3) is 0.300. The number of carbonyl (C=O) groups excluding carboxylic acids is 1. The molecule has 8 heteroatoms. The first kappa shape index (κ1) is 18.8. The van der Waals surface area contributed by atoms with Gasteiger partial charge in [-0.1, -0.05) is 18.2 Å². The van der Waals surface area contributed by atoms with Gasteiger partial charge in [-0.05, 0) is 29.8 Å². The van der Waals surface area contributed by atoms with Gasteiger partial charge in [-0.25, -0.2) is 4.98 Å². The summed E-state index contributed by atoms with van der Waals surface area (Å²) in [7, 11) is 1.59. The van der Waals surface area contributed by atoms with Crippen LogP contribution >= 0.6 is 11.3 Å². The van der Waals surface area contributed by atoms with Crippen LogP contribution in [0, 0.1) is 0 Å². The van der Waals surface area contributed by atoms with Gasteiger partial charge >= 0.3 is 0 Å². The summed E-state index contributed by atoms with van der Waals surface area (Å²) in [6.07, 6.45) is 0. The van der Waals surface area contributed by atoms with E-state index in [1.807, 2.05) is 42.5 Å². The molecule has 3 aromatic rings. The third-order valence-electron chi connectivity index (χ3n) is 4.85. The molecule has 2 aromatic heterocycles. The minimum absolute atomic E-state index is 0.201. The Morgan fingerprint density at radius 3 is 2.89 bits per heavy atom. The summed E-state index contributed by atoms with van der Waals surface area (Å²) < 4.78 is 5.22. The fourth-order valence-electron chi connectivity index (χ4n) is 3.27. The summed E-state index contributed by atoms with van der Waals surface area (Å²) in [5, 5.41) is 13.6. The van der Waals surface area contributed by atoms with Crippen molar-refractivity contribution in [3.05, 3.63) is 58.6 Å². The van der Waals surface area contributed by atoms with E-state index in [4.69, 9.17) is 9.72 Å². The summed E-state index contributed by atoms with van der Waals surface area (Å²) in [6.45, 7) is 1.49. The normalized spacial score (nSPS) is 15.6. The average Bonchev–Trinajstić information content (AvgIpc) is 3.41. The fourth-order valence-corrected chi connectivity index (χ4v) is 4.21. The molecule has 1 atom stereocenters. The Kier molecular flexibility index (Phi) is 5.54. The third kappa shape index (κ3) is 3.85. The lowest BCUT2D eigenvalue weighted by Crippen LogP contribution is -2.30. The minimum Gasteiger partial charge on any atom is -0.497 e. The zero-order valence-electron chi connectivity index (χ0n) is 15.4. The van der Waals surface area contributed by atoms with Crippen LogP contribution in [0.25, 0.3) is 10.2 Å². The average molecular weight is 398 g/mol. The maximum absolute atomic E-state index is 12.8. The smallest absolute Gasteiger partial charge is 0.262 e. The van der Waals surface area contributed by atoms with Gasteiger partial charge in [-0.15, -0.1) is 11.3 Å². The number of aromatic nitrogens is 1. The number of aliphatic hydroxyl groups excluding tert-OH is 1. The SMILES string of the molecule is COc1cccc([C@@H](CO)NC(=O)c2cc3ccc(C4CNNC4)nc3s2)c1. The molecule has 0 aliphatic carbocycles. The van der Waals surface area contributed by atoms with E-state index in [2.05, 4.69) is 16.2 Å². The van der Waals surface area contributed by atoms with Gasteiger partial charge < -0.3 is 15.2 Å². The standard InChI is InChI=1S/C20H22N4O3S/c1-27-15-4-2-3-12(7-15)17(11-25)23-19(26)18-8-13-5-6-16(24-20(13)28-18)14-9-21-22-10-14/h2-8,14,17,21-22,25H,9-11H2,1H3,(H,23,26)/t17-/m1/s1. The van der Waals surface area contributed by atoms with Crippen LogP contribution in [0.5, 0.6) is 5.75 Å². The van der Waals surface area contributed by atoms with Crippen molar-refractivity contribution in [1.29, 1.82) is 0 Å². The molecule has 1 aliphatic heterocycles. The number of benzene rings is 1. The molecule has 0 radical (unpaired) electrons. The largest absolute Gasteiger partial charge is 0.497 e. The Hall–Kier alpha value is -2.52. The zero-order chi connectivity index (χ0) is 19.5. The number of aliphatic hydroxyl groups is 1. The van der Waals surface area contributed by atoms with Crippen molar-refractivity contribution in [2.24, 2.45) is 0 Å². The summed E-state index contributed by atoms with van der Waals surface area (Å²) in [5.41, 5.74) is 8.03. The molecule has 0 spiro atoms. The molecule has 1 aromatic carbocycles. The van der Waals surface area contributed by atoms with E-state index in [-0.39, 0.29) is 12.5 Å². The number of rotatable bonds is 6. The first-order chi connectivity index (χ1) is 13.7. The molecule has 1 fully saturated rings. The Labute approximate surface area is 166 Å². The molecule has 4 N–H and O–H groups in total. The number of thiophene rings is 1. The number of hydrazine groups is 1. The molecular formula is C20H22N4O3S. The van der Waals surface area contributed by atoms with Crippen LogP contribution in [0.1, 0.15) is 32.9 Å². The highest BCUT2D eigenvalue weighted by atomic mass is 32.1. The van der Waals surface area contributed by atoms with Gasteiger partial charge in [0.25, 0.3) is 5.91 Å². The Morgan fingerprint density at radius 1 is 1.32 bits per heavy atom. The predicted octanol–water partition coefficient (Wildman–Crippen LogP) is 1.96. The number of hydrogen-bond acceptors (Lipinski definition) is 7. The van der Waals surface area contributed by atoms with E-state index in [9.17, 15) is 9.90 Å². The number of fused-ring (bicyclic) bond motifs is 1. The first-order valence-electron chi connectivity index (χ1n) is 9.10. The molecule has 1 amide bonds. The van der Waals surface area contributed by atoms with Crippen molar-refractivity contribution >= 4 is 27.5 Å². The predicted molar refractivity (Wildman–Crippen MR) is 109 cm³/mol. The van der Waals surface area contributed by atoms with Crippen LogP contribution < -0.4 is 20.9 Å². The molecule has 4 rings (SSSR count). The number of pyridine rings is 1. The van der Waals surface area contributed by atoms with Crippen molar-refractivity contribution < 1.29 is 14.6 Å². The molecule has 0 bridgehead atoms. The van der Waals surface area contributed by atoms with Gasteiger partial charge in [0.05, 0.1) is 24.6 Å². The number of amides is 1. The number of hydrogen-bond donors (Lipinski definition) is 4. The Morgan fingerprint density at radius 2 is 2.14 bits per heavy atom. The number of ether oxygens (including phenoxy) is 1. The van der Waals surface area contributed by atoms with Gasteiger partial charge in [-0.2, -0.15) is 0 Å². The summed E-state index contributed by atoms with van der Waals surface area (Å²) in [6, 6.07) is 12.7. The van der Waals surface area contributed by atoms with Crippen LogP contribution in [-0.2, 0) is 0 Å². The summed E-state index contributed by atoms with van der Waals surface area (Å²) in [4.78, 5) is 18.9. The van der Waals surface area contributed by atoms with Crippen molar-refractivity contribution in [3.63, 3.8) is 0 Å².